The van der Waals surface area contributed by atoms with Gasteiger partial charge in [0.15, 0.2) is 11.6 Å². The normalized spacial score (nSPS) is 11.1. The number of non-ortho nitro benzene ring substituents is 1. The van der Waals surface area contributed by atoms with Gasteiger partial charge in [0.2, 0.25) is 0 Å². The molecular weight excluding hydrogens is 291 g/mol. The van der Waals surface area contributed by atoms with Crippen LogP contribution < -0.4 is 4.72 Å². The van der Waals surface area contributed by atoms with E-state index in [9.17, 15) is 22.9 Å². The number of nitrogens with one attached hydrogen (secondary N) is 1. The molecule has 0 atom stereocenters. The van der Waals surface area contributed by atoms with E-state index in [-0.39, 0.29) is 5.82 Å². The van der Waals surface area contributed by atoms with Crippen LogP contribution in [-0.2, 0) is 10.0 Å². The topological polar surface area (TPSA) is 115 Å². The highest BCUT2D eigenvalue weighted by atomic mass is 32.2. The van der Waals surface area contributed by atoms with Crippen LogP contribution in [0.15, 0.2) is 41.7 Å². The molecule has 1 aromatic carbocycles. The first kappa shape index (κ1) is 13.8. The van der Waals surface area contributed by atoms with Crippen LogP contribution in [0.25, 0.3) is 0 Å². The number of halogens is 1. The van der Waals surface area contributed by atoms with Crippen molar-refractivity contribution in [2.45, 2.75) is 4.90 Å². The Morgan fingerprint density at radius 3 is 2.60 bits per heavy atom. The molecule has 0 spiro atoms. The lowest BCUT2D eigenvalue weighted by Crippen LogP contribution is -2.15. The van der Waals surface area contributed by atoms with Gasteiger partial charge in [0.1, 0.15) is 4.90 Å². The fourth-order valence-electron chi connectivity index (χ4n) is 1.37. The van der Waals surface area contributed by atoms with E-state index in [2.05, 4.69) is 9.97 Å². The molecule has 2 rings (SSSR count). The molecule has 2 aromatic rings. The Kier molecular flexibility index (Phi) is 3.57. The first-order chi connectivity index (χ1) is 9.40. The molecule has 0 fully saturated rings. The molecule has 0 saturated heterocycles. The van der Waals surface area contributed by atoms with Gasteiger partial charge in [-0.1, -0.05) is 0 Å². The Balaban J connectivity index is 2.37. The number of sulfonamides is 1. The van der Waals surface area contributed by atoms with E-state index < -0.39 is 31.3 Å². The van der Waals surface area contributed by atoms with Crippen molar-refractivity contribution in [3.05, 3.63) is 52.7 Å². The average Bonchev–Trinajstić information content (AvgIpc) is 2.38. The fourth-order valence-corrected chi connectivity index (χ4v) is 2.42. The minimum Gasteiger partial charge on any atom is -0.262 e. The number of anilines is 1. The van der Waals surface area contributed by atoms with Gasteiger partial charge in [0.25, 0.3) is 15.7 Å². The molecule has 0 aliphatic carbocycles. The summed E-state index contributed by atoms with van der Waals surface area (Å²) in [7, 11) is -4.24. The van der Waals surface area contributed by atoms with E-state index in [0.29, 0.717) is 6.07 Å². The van der Waals surface area contributed by atoms with Gasteiger partial charge in [-0.2, -0.15) is 0 Å². The van der Waals surface area contributed by atoms with Gasteiger partial charge in [-0.15, -0.1) is 0 Å². The van der Waals surface area contributed by atoms with Crippen molar-refractivity contribution in [1.82, 2.24) is 9.97 Å². The third-order valence-electron chi connectivity index (χ3n) is 2.22. The summed E-state index contributed by atoms with van der Waals surface area (Å²) in [6, 6.07) is 2.24. The fraction of sp³-hybridized carbons (Fsp3) is 0. The second-order valence-corrected chi connectivity index (χ2v) is 5.22. The molecule has 1 heterocycles. The minimum absolute atomic E-state index is 0.0924. The van der Waals surface area contributed by atoms with E-state index in [1.165, 1.54) is 12.4 Å². The zero-order valence-corrected chi connectivity index (χ0v) is 10.5. The summed E-state index contributed by atoms with van der Waals surface area (Å²) in [5, 5.41) is 10.5. The maximum Gasteiger partial charge on any atom is 0.272 e. The number of benzene rings is 1. The van der Waals surface area contributed by atoms with Crippen LogP contribution in [0.4, 0.5) is 15.9 Å². The Morgan fingerprint density at radius 2 is 2.05 bits per heavy atom. The monoisotopic (exact) mass is 298 g/mol. The van der Waals surface area contributed by atoms with Gasteiger partial charge in [0, 0.05) is 18.5 Å². The largest absolute Gasteiger partial charge is 0.272 e. The predicted molar refractivity (Wildman–Crippen MR) is 65.9 cm³/mol. The third kappa shape index (κ3) is 2.85. The summed E-state index contributed by atoms with van der Waals surface area (Å²) in [5.74, 6) is -1.32. The SMILES string of the molecule is O=[N+]([O-])c1ccc(S(=O)(=O)Nc2cnccn2)c(F)c1. The predicted octanol–water partition coefficient (Wildman–Crippen LogP) is 1.32. The number of aromatic nitrogens is 2. The van der Waals surface area contributed by atoms with Crippen molar-refractivity contribution in [3.63, 3.8) is 0 Å². The van der Waals surface area contributed by atoms with Crippen molar-refractivity contribution in [2.24, 2.45) is 0 Å². The molecule has 20 heavy (non-hydrogen) atoms. The van der Waals surface area contributed by atoms with Crippen LogP contribution in [0.2, 0.25) is 0 Å². The Hall–Kier alpha value is -2.62. The van der Waals surface area contributed by atoms with Crippen LogP contribution in [0.1, 0.15) is 0 Å². The van der Waals surface area contributed by atoms with Gasteiger partial charge >= 0.3 is 0 Å². The lowest BCUT2D eigenvalue weighted by atomic mass is 10.3. The van der Waals surface area contributed by atoms with Crippen LogP contribution >= 0.6 is 0 Å². The Bertz CT molecular complexity index is 751. The zero-order chi connectivity index (χ0) is 14.8. The van der Waals surface area contributed by atoms with Crippen molar-refractivity contribution < 1.29 is 17.7 Å². The van der Waals surface area contributed by atoms with Gasteiger partial charge in [0.05, 0.1) is 17.2 Å². The summed E-state index contributed by atoms with van der Waals surface area (Å²) in [6.07, 6.45) is 3.73. The number of nitrogens with zero attached hydrogens (tertiary/aromatic N) is 3. The number of hydrogen-bond donors (Lipinski definition) is 1. The smallest absolute Gasteiger partial charge is 0.262 e. The van der Waals surface area contributed by atoms with Crippen LogP contribution in [0, 0.1) is 15.9 Å². The quantitative estimate of drug-likeness (QED) is 0.672. The standard InChI is InChI=1S/C10H7FN4O4S/c11-8-5-7(15(16)17)1-2-9(8)20(18,19)14-10-6-12-3-4-13-10/h1-6H,(H,13,14). The van der Waals surface area contributed by atoms with Crippen molar-refractivity contribution in [2.75, 3.05) is 4.72 Å². The molecule has 0 aliphatic rings. The van der Waals surface area contributed by atoms with Crippen LogP contribution in [0.3, 0.4) is 0 Å². The lowest BCUT2D eigenvalue weighted by molar-refractivity contribution is -0.385. The number of rotatable bonds is 4. The molecule has 10 heteroatoms. The summed E-state index contributed by atoms with van der Waals surface area (Å²) in [6.45, 7) is 0. The highest BCUT2D eigenvalue weighted by Gasteiger charge is 2.22. The minimum atomic E-state index is -4.24. The highest BCUT2D eigenvalue weighted by Crippen LogP contribution is 2.21. The molecule has 1 aromatic heterocycles. The maximum atomic E-state index is 13.6. The third-order valence-corrected chi connectivity index (χ3v) is 3.61. The van der Waals surface area contributed by atoms with Crippen molar-refractivity contribution in [3.8, 4) is 0 Å². The molecule has 0 amide bonds. The van der Waals surface area contributed by atoms with E-state index in [0.717, 1.165) is 18.3 Å². The zero-order valence-electron chi connectivity index (χ0n) is 9.72. The number of hydrogen-bond acceptors (Lipinski definition) is 6. The molecule has 104 valence electrons. The Morgan fingerprint density at radius 1 is 1.30 bits per heavy atom. The molecule has 0 radical (unpaired) electrons. The molecule has 1 N–H and O–H groups in total. The van der Waals surface area contributed by atoms with Crippen LogP contribution in [0.5, 0.6) is 0 Å². The van der Waals surface area contributed by atoms with E-state index >= 15 is 0 Å². The molecule has 0 unspecified atom stereocenters. The van der Waals surface area contributed by atoms with Crippen molar-refractivity contribution >= 4 is 21.5 Å². The number of nitro benzene ring substituents is 1. The number of nitro groups is 1. The van der Waals surface area contributed by atoms with Gasteiger partial charge < -0.3 is 0 Å². The second-order valence-electron chi connectivity index (χ2n) is 3.57. The highest BCUT2D eigenvalue weighted by molar-refractivity contribution is 7.92. The summed E-state index contributed by atoms with van der Waals surface area (Å²) in [5.41, 5.74) is -0.541. The molecule has 0 bridgehead atoms. The molecular formula is C10H7FN4O4S. The second kappa shape index (κ2) is 5.17. The van der Waals surface area contributed by atoms with Crippen molar-refractivity contribution in [1.29, 1.82) is 0 Å². The Labute approximate surface area is 112 Å². The van der Waals surface area contributed by atoms with Crippen LogP contribution in [-0.4, -0.2) is 23.3 Å². The van der Waals surface area contributed by atoms with E-state index in [1.54, 1.807) is 0 Å². The van der Waals surface area contributed by atoms with E-state index in [4.69, 9.17) is 0 Å². The maximum absolute atomic E-state index is 13.6. The van der Waals surface area contributed by atoms with Gasteiger partial charge in [-0.25, -0.2) is 17.8 Å². The summed E-state index contributed by atoms with van der Waals surface area (Å²) < 4.78 is 39.5. The first-order valence-corrected chi connectivity index (χ1v) is 6.61. The summed E-state index contributed by atoms with van der Waals surface area (Å²) in [4.78, 5) is 16.3. The lowest BCUT2D eigenvalue weighted by Gasteiger charge is -2.07. The molecule has 0 saturated carbocycles. The first-order valence-electron chi connectivity index (χ1n) is 5.13. The van der Waals surface area contributed by atoms with E-state index in [1.807, 2.05) is 4.72 Å². The molecule has 8 nitrogen and oxygen atoms in total. The molecule has 0 aliphatic heterocycles. The summed E-state index contributed by atoms with van der Waals surface area (Å²) >= 11 is 0. The van der Waals surface area contributed by atoms with Gasteiger partial charge in [-0.3, -0.25) is 19.8 Å². The average molecular weight is 298 g/mol. The van der Waals surface area contributed by atoms with Gasteiger partial charge in [-0.05, 0) is 6.07 Å².